The Kier molecular flexibility index (Phi) is 5.24. The van der Waals surface area contributed by atoms with Gasteiger partial charge in [0, 0.05) is 12.6 Å². The van der Waals surface area contributed by atoms with E-state index in [1.807, 2.05) is 0 Å². The highest BCUT2D eigenvalue weighted by Crippen LogP contribution is 2.25. The predicted molar refractivity (Wildman–Crippen MR) is 78.9 cm³/mol. The monoisotopic (exact) mass is 263 g/mol. The molecule has 2 unspecified atom stereocenters. The Balaban J connectivity index is 1.82. The topological polar surface area (TPSA) is 39.1 Å². The molecule has 0 spiro atoms. The molecule has 1 saturated heterocycles. The fraction of sp³-hybridized carbons (Fsp3) is 0.938. The zero-order chi connectivity index (χ0) is 13.7. The van der Waals surface area contributed by atoms with Crippen LogP contribution in [0.3, 0.4) is 0 Å². The van der Waals surface area contributed by atoms with Crippen molar-refractivity contribution in [1.82, 2.24) is 10.2 Å². The third-order valence-corrected chi connectivity index (χ3v) is 4.52. The Bertz CT molecular complexity index is 318. The molecule has 1 saturated carbocycles. The fourth-order valence-corrected chi connectivity index (χ4v) is 3.32. The van der Waals surface area contributed by atoms with Crippen LogP contribution in [-0.4, -0.2) is 36.1 Å². The number of nitrogens with zero attached hydrogens (tertiary/aromatic N) is 2. The van der Waals surface area contributed by atoms with Crippen LogP contribution < -0.4 is 5.32 Å². The molecule has 108 valence electrons. The van der Waals surface area contributed by atoms with Gasteiger partial charge in [-0.05, 0) is 58.0 Å². The van der Waals surface area contributed by atoms with Gasteiger partial charge in [0.05, 0.1) is 6.07 Å². The lowest BCUT2D eigenvalue weighted by atomic mass is 9.96. The molecular formula is C16H29N3. The molecule has 3 heteroatoms. The number of nitriles is 1. The van der Waals surface area contributed by atoms with Gasteiger partial charge in [0.1, 0.15) is 5.54 Å². The summed E-state index contributed by atoms with van der Waals surface area (Å²) in [5, 5.41) is 13.0. The second-order valence-corrected chi connectivity index (χ2v) is 6.72. The van der Waals surface area contributed by atoms with Crippen molar-refractivity contribution in [2.75, 3.05) is 19.6 Å². The van der Waals surface area contributed by atoms with E-state index in [0.717, 1.165) is 12.5 Å². The van der Waals surface area contributed by atoms with Gasteiger partial charge in [-0.25, -0.2) is 0 Å². The van der Waals surface area contributed by atoms with Crippen molar-refractivity contribution >= 4 is 0 Å². The second-order valence-electron chi connectivity index (χ2n) is 6.72. The third-order valence-electron chi connectivity index (χ3n) is 4.52. The number of nitrogens with one attached hydrogen (secondary N) is 1. The molecule has 0 bridgehead atoms. The van der Waals surface area contributed by atoms with Crippen molar-refractivity contribution in [3.63, 3.8) is 0 Å². The van der Waals surface area contributed by atoms with E-state index >= 15 is 0 Å². The molecule has 2 fully saturated rings. The Hall–Kier alpha value is -0.590. The Morgan fingerprint density at radius 3 is 2.68 bits per heavy atom. The molecule has 19 heavy (non-hydrogen) atoms. The standard InChI is InChI=1S/C16H29N3/c1-3-5-14-6-4-10-19(11-9-14)13-16(2,12-17)18-15-7-8-15/h14-15,18H,3-11,13H2,1-2H3. The van der Waals surface area contributed by atoms with Crippen LogP contribution >= 0.6 is 0 Å². The molecule has 0 radical (unpaired) electrons. The molecule has 0 aromatic rings. The lowest BCUT2D eigenvalue weighted by Crippen LogP contribution is -2.51. The highest BCUT2D eigenvalue weighted by Gasteiger charge is 2.34. The average molecular weight is 263 g/mol. The molecule has 0 amide bonds. The maximum atomic E-state index is 9.46. The van der Waals surface area contributed by atoms with Gasteiger partial charge < -0.3 is 4.90 Å². The number of hydrogen-bond donors (Lipinski definition) is 1. The SMILES string of the molecule is CCCC1CCCN(CC(C)(C#N)NC2CC2)CC1. The first-order valence-corrected chi connectivity index (χ1v) is 8.06. The van der Waals surface area contributed by atoms with Crippen molar-refractivity contribution in [3.8, 4) is 6.07 Å². The maximum Gasteiger partial charge on any atom is 0.116 e. The molecular weight excluding hydrogens is 234 g/mol. The van der Waals surface area contributed by atoms with Crippen LogP contribution in [0.25, 0.3) is 0 Å². The van der Waals surface area contributed by atoms with Crippen LogP contribution in [0.1, 0.15) is 58.8 Å². The predicted octanol–water partition coefficient (Wildman–Crippen LogP) is 2.92. The summed E-state index contributed by atoms with van der Waals surface area (Å²) in [5.74, 6) is 0.916. The molecule has 2 rings (SSSR count). The van der Waals surface area contributed by atoms with Crippen LogP contribution in [0.4, 0.5) is 0 Å². The molecule has 1 aliphatic carbocycles. The quantitative estimate of drug-likeness (QED) is 0.801. The minimum absolute atomic E-state index is 0.355. The number of hydrogen-bond acceptors (Lipinski definition) is 3. The molecule has 0 aromatic heterocycles. The summed E-state index contributed by atoms with van der Waals surface area (Å²) < 4.78 is 0. The number of likely N-dealkylation sites (tertiary alicyclic amines) is 1. The smallest absolute Gasteiger partial charge is 0.116 e. The fourth-order valence-electron chi connectivity index (χ4n) is 3.32. The van der Waals surface area contributed by atoms with E-state index in [4.69, 9.17) is 0 Å². The van der Waals surface area contributed by atoms with E-state index in [1.54, 1.807) is 0 Å². The largest absolute Gasteiger partial charge is 0.300 e. The first-order chi connectivity index (χ1) is 9.15. The lowest BCUT2D eigenvalue weighted by Gasteiger charge is -2.30. The Labute approximate surface area is 118 Å². The normalized spacial score (nSPS) is 28.4. The summed E-state index contributed by atoms with van der Waals surface area (Å²) in [6, 6.07) is 3.10. The summed E-state index contributed by atoms with van der Waals surface area (Å²) >= 11 is 0. The van der Waals surface area contributed by atoms with E-state index in [0.29, 0.717) is 6.04 Å². The van der Waals surface area contributed by atoms with Gasteiger partial charge in [-0.3, -0.25) is 5.32 Å². The van der Waals surface area contributed by atoms with Crippen molar-refractivity contribution in [1.29, 1.82) is 5.26 Å². The van der Waals surface area contributed by atoms with Crippen LogP contribution in [0, 0.1) is 17.2 Å². The molecule has 0 aromatic carbocycles. The first-order valence-electron chi connectivity index (χ1n) is 8.06. The maximum absolute atomic E-state index is 9.46. The van der Waals surface area contributed by atoms with E-state index < -0.39 is 0 Å². The highest BCUT2D eigenvalue weighted by atomic mass is 15.2. The molecule has 2 atom stereocenters. The molecule has 3 nitrogen and oxygen atoms in total. The van der Waals surface area contributed by atoms with E-state index in [2.05, 4.69) is 30.1 Å². The Morgan fingerprint density at radius 2 is 2.05 bits per heavy atom. The van der Waals surface area contributed by atoms with Crippen molar-refractivity contribution < 1.29 is 0 Å². The van der Waals surface area contributed by atoms with Gasteiger partial charge in [0.25, 0.3) is 0 Å². The van der Waals surface area contributed by atoms with Crippen LogP contribution in [0.5, 0.6) is 0 Å². The summed E-state index contributed by atoms with van der Waals surface area (Å²) in [7, 11) is 0. The van der Waals surface area contributed by atoms with Gasteiger partial charge in [-0.15, -0.1) is 0 Å². The van der Waals surface area contributed by atoms with Crippen LogP contribution in [0.15, 0.2) is 0 Å². The number of rotatable bonds is 6. The first kappa shape index (κ1) is 14.8. The highest BCUT2D eigenvalue weighted by molar-refractivity contribution is 5.09. The molecule has 1 heterocycles. The zero-order valence-electron chi connectivity index (χ0n) is 12.6. The second kappa shape index (κ2) is 6.72. The van der Waals surface area contributed by atoms with Gasteiger partial charge in [-0.1, -0.05) is 19.8 Å². The van der Waals surface area contributed by atoms with Crippen LogP contribution in [0.2, 0.25) is 0 Å². The zero-order valence-corrected chi connectivity index (χ0v) is 12.6. The summed E-state index contributed by atoms with van der Waals surface area (Å²) in [4.78, 5) is 2.51. The minimum Gasteiger partial charge on any atom is -0.300 e. The molecule has 1 N–H and O–H groups in total. The van der Waals surface area contributed by atoms with E-state index in [1.165, 1.54) is 58.0 Å². The van der Waals surface area contributed by atoms with Crippen molar-refractivity contribution in [2.24, 2.45) is 5.92 Å². The molecule has 1 aliphatic heterocycles. The van der Waals surface area contributed by atoms with Gasteiger partial charge in [-0.2, -0.15) is 5.26 Å². The van der Waals surface area contributed by atoms with Gasteiger partial charge in [0.15, 0.2) is 0 Å². The average Bonchev–Trinajstić information content (AvgIpc) is 3.19. The van der Waals surface area contributed by atoms with E-state index in [9.17, 15) is 5.26 Å². The van der Waals surface area contributed by atoms with E-state index in [-0.39, 0.29) is 5.54 Å². The Morgan fingerprint density at radius 1 is 1.26 bits per heavy atom. The molecule has 2 aliphatic rings. The van der Waals surface area contributed by atoms with Gasteiger partial charge in [0.2, 0.25) is 0 Å². The summed E-state index contributed by atoms with van der Waals surface area (Å²) in [6.07, 6.45) is 9.18. The van der Waals surface area contributed by atoms with Gasteiger partial charge >= 0.3 is 0 Å². The summed E-state index contributed by atoms with van der Waals surface area (Å²) in [6.45, 7) is 7.59. The third kappa shape index (κ3) is 4.78. The van der Waals surface area contributed by atoms with Crippen LogP contribution in [-0.2, 0) is 0 Å². The lowest BCUT2D eigenvalue weighted by molar-refractivity contribution is 0.222. The minimum atomic E-state index is -0.355. The van der Waals surface area contributed by atoms with Crippen molar-refractivity contribution in [3.05, 3.63) is 0 Å². The van der Waals surface area contributed by atoms with Crippen molar-refractivity contribution in [2.45, 2.75) is 70.4 Å². The summed E-state index contributed by atoms with van der Waals surface area (Å²) in [5.41, 5.74) is -0.355.